The van der Waals surface area contributed by atoms with E-state index in [-0.39, 0.29) is 53.9 Å². The molecule has 4 aliphatic rings. The van der Waals surface area contributed by atoms with Gasteiger partial charge in [-0.3, -0.25) is 19.2 Å². The Morgan fingerprint density at radius 2 is 1.88 bits per heavy atom. The first-order valence-corrected chi connectivity index (χ1v) is 11.8. The molecule has 32 heavy (non-hydrogen) atoms. The summed E-state index contributed by atoms with van der Waals surface area (Å²) in [6.07, 6.45) is 6.16. The average molecular weight is 447 g/mol. The van der Waals surface area contributed by atoms with Crippen LogP contribution in [0.5, 0.6) is 0 Å². The van der Waals surface area contributed by atoms with Crippen LogP contribution in [0.15, 0.2) is 11.6 Å². The standard InChI is InChI=1S/C25H34O7/c1-14(27)31-12-21(30)20-7-6-19-18-5-4-16-10-17(29)8-9-24(16,3)23(18)22(32-15(2)28)11-25(19,20)13-26/h10,18-20,22-23,26H,4-9,11-13H2,1-3H3/t18-,19-,20+,22?,23+,24-,25+/m0/s1. The summed E-state index contributed by atoms with van der Waals surface area (Å²) in [5, 5.41) is 10.7. The molecular weight excluding hydrogens is 412 g/mol. The summed E-state index contributed by atoms with van der Waals surface area (Å²) >= 11 is 0. The van der Waals surface area contributed by atoms with Gasteiger partial charge in [-0.15, -0.1) is 0 Å². The number of hydrogen-bond donors (Lipinski definition) is 1. The van der Waals surface area contributed by atoms with E-state index in [9.17, 15) is 24.3 Å². The number of ether oxygens (including phenoxy) is 2. The molecule has 0 amide bonds. The molecule has 1 unspecified atom stereocenters. The lowest BCUT2D eigenvalue weighted by molar-refractivity contribution is -0.184. The maximum Gasteiger partial charge on any atom is 0.303 e. The minimum atomic E-state index is -0.680. The van der Waals surface area contributed by atoms with Crippen molar-refractivity contribution in [3.63, 3.8) is 0 Å². The lowest BCUT2D eigenvalue weighted by Gasteiger charge is -2.60. The van der Waals surface area contributed by atoms with Crippen molar-refractivity contribution < 1.29 is 33.8 Å². The molecule has 0 heterocycles. The molecule has 0 spiro atoms. The smallest absolute Gasteiger partial charge is 0.303 e. The Morgan fingerprint density at radius 1 is 1.12 bits per heavy atom. The molecule has 0 aromatic heterocycles. The fourth-order valence-electron chi connectivity index (χ4n) is 7.82. The predicted octanol–water partition coefficient (Wildman–Crippen LogP) is 2.78. The maximum absolute atomic E-state index is 13.0. The highest BCUT2D eigenvalue weighted by Gasteiger charge is 2.65. The van der Waals surface area contributed by atoms with Crippen LogP contribution in [0.4, 0.5) is 0 Å². The second-order valence-electron chi connectivity index (χ2n) is 10.5. The van der Waals surface area contributed by atoms with Crippen molar-refractivity contribution in [3.8, 4) is 0 Å². The Labute approximate surface area is 188 Å². The lowest BCUT2D eigenvalue weighted by atomic mass is 9.45. The topological polar surface area (TPSA) is 107 Å². The molecule has 7 nitrogen and oxygen atoms in total. The van der Waals surface area contributed by atoms with Gasteiger partial charge in [-0.25, -0.2) is 0 Å². The SMILES string of the molecule is CC(=O)OCC(=O)[C@H]1CC[C@H]2[C@@H]3CCC4=CC(=O)CC[C@]4(C)[C@H]3C(OC(C)=O)C[C@]12CO. The average Bonchev–Trinajstić information content (AvgIpc) is 3.11. The highest BCUT2D eigenvalue weighted by atomic mass is 16.5. The summed E-state index contributed by atoms with van der Waals surface area (Å²) < 4.78 is 10.9. The van der Waals surface area contributed by atoms with Crippen molar-refractivity contribution in [3.05, 3.63) is 11.6 Å². The Hall–Kier alpha value is -2.02. The third-order valence-electron chi connectivity index (χ3n) is 9.02. The second kappa shape index (κ2) is 8.40. The van der Waals surface area contributed by atoms with Gasteiger partial charge >= 0.3 is 11.9 Å². The van der Waals surface area contributed by atoms with E-state index in [2.05, 4.69) is 6.92 Å². The van der Waals surface area contributed by atoms with Crippen molar-refractivity contribution in [1.82, 2.24) is 0 Å². The van der Waals surface area contributed by atoms with E-state index >= 15 is 0 Å². The molecular formula is C25H34O7. The third kappa shape index (κ3) is 3.62. The van der Waals surface area contributed by atoms with Crippen LogP contribution in [0, 0.1) is 34.5 Å². The minimum Gasteiger partial charge on any atom is -0.462 e. The highest BCUT2D eigenvalue weighted by molar-refractivity contribution is 5.91. The summed E-state index contributed by atoms with van der Waals surface area (Å²) in [6, 6.07) is 0. The molecule has 3 saturated carbocycles. The van der Waals surface area contributed by atoms with Gasteiger partial charge in [0, 0.05) is 44.1 Å². The van der Waals surface area contributed by atoms with Gasteiger partial charge in [0.2, 0.25) is 0 Å². The Bertz CT molecular complexity index is 860. The van der Waals surface area contributed by atoms with Gasteiger partial charge in [0.25, 0.3) is 0 Å². The Kier molecular flexibility index (Phi) is 6.07. The molecule has 7 atom stereocenters. The van der Waals surface area contributed by atoms with Crippen LogP contribution < -0.4 is 0 Å². The van der Waals surface area contributed by atoms with E-state index in [1.54, 1.807) is 6.08 Å². The molecule has 0 saturated heterocycles. The second-order valence-corrected chi connectivity index (χ2v) is 10.5. The largest absolute Gasteiger partial charge is 0.462 e. The van der Waals surface area contributed by atoms with Crippen LogP contribution in [-0.4, -0.2) is 47.9 Å². The van der Waals surface area contributed by atoms with Gasteiger partial charge in [0.1, 0.15) is 12.7 Å². The molecule has 0 aromatic rings. The fourth-order valence-corrected chi connectivity index (χ4v) is 7.82. The summed E-state index contributed by atoms with van der Waals surface area (Å²) in [7, 11) is 0. The van der Waals surface area contributed by atoms with Crippen LogP contribution in [0.1, 0.15) is 65.7 Å². The van der Waals surface area contributed by atoms with E-state index in [0.29, 0.717) is 19.3 Å². The molecule has 4 aliphatic carbocycles. The van der Waals surface area contributed by atoms with Crippen molar-refractivity contribution in [1.29, 1.82) is 0 Å². The number of hydrogen-bond acceptors (Lipinski definition) is 7. The molecule has 176 valence electrons. The molecule has 4 rings (SSSR count). The summed E-state index contributed by atoms with van der Waals surface area (Å²) in [5.41, 5.74) is 0.253. The molecule has 0 aliphatic heterocycles. The number of ketones is 2. The summed E-state index contributed by atoms with van der Waals surface area (Å²) in [4.78, 5) is 48.5. The van der Waals surface area contributed by atoms with E-state index < -0.39 is 23.4 Å². The first kappa shape index (κ1) is 23.1. The number of aliphatic hydroxyl groups is 1. The zero-order chi connectivity index (χ0) is 23.3. The lowest BCUT2D eigenvalue weighted by Crippen LogP contribution is -2.59. The van der Waals surface area contributed by atoms with Crippen LogP contribution >= 0.6 is 0 Å². The first-order chi connectivity index (χ1) is 15.1. The molecule has 0 radical (unpaired) electrons. The number of carbonyl (C=O) groups is 4. The van der Waals surface area contributed by atoms with Crippen molar-refractivity contribution in [2.45, 2.75) is 71.8 Å². The van der Waals surface area contributed by atoms with Crippen LogP contribution in [-0.2, 0) is 28.7 Å². The first-order valence-electron chi connectivity index (χ1n) is 11.8. The van der Waals surface area contributed by atoms with Crippen molar-refractivity contribution in [2.24, 2.45) is 34.5 Å². The van der Waals surface area contributed by atoms with E-state index in [0.717, 1.165) is 31.3 Å². The number of carbonyl (C=O) groups excluding carboxylic acids is 4. The van der Waals surface area contributed by atoms with Crippen LogP contribution in [0.25, 0.3) is 0 Å². The van der Waals surface area contributed by atoms with E-state index in [1.165, 1.54) is 13.8 Å². The number of rotatable bonds is 5. The molecule has 0 bridgehead atoms. The van der Waals surface area contributed by atoms with Gasteiger partial charge in [-0.05, 0) is 61.9 Å². The highest BCUT2D eigenvalue weighted by Crippen LogP contribution is 2.67. The zero-order valence-corrected chi connectivity index (χ0v) is 19.2. The summed E-state index contributed by atoms with van der Waals surface area (Å²) in [6.45, 7) is 4.43. The minimum absolute atomic E-state index is 0.0616. The third-order valence-corrected chi connectivity index (χ3v) is 9.02. The normalized spacial score (nSPS) is 40.4. The molecule has 7 heteroatoms. The Morgan fingerprint density at radius 3 is 2.53 bits per heavy atom. The Balaban J connectivity index is 1.71. The van der Waals surface area contributed by atoms with Gasteiger partial charge in [-0.2, -0.15) is 0 Å². The van der Waals surface area contributed by atoms with Crippen LogP contribution in [0.2, 0.25) is 0 Å². The van der Waals surface area contributed by atoms with E-state index in [4.69, 9.17) is 9.47 Å². The van der Waals surface area contributed by atoms with Gasteiger partial charge < -0.3 is 14.6 Å². The number of fused-ring (bicyclic) bond motifs is 5. The number of Topliss-reactive ketones (excluding diaryl/α,β-unsaturated/α-hetero) is 1. The number of aliphatic hydroxyl groups excluding tert-OH is 1. The number of allylic oxidation sites excluding steroid dienone is 1. The van der Waals surface area contributed by atoms with Crippen molar-refractivity contribution in [2.75, 3.05) is 13.2 Å². The maximum atomic E-state index is 13.0. The zero-order valence-electron chi connectivity index (χ0n) is 19.2. The molecule has 3 fully saturated rings. The van der Waals surface area contributed by atoms with Crippen LogP contribution in [0.3, 0.4) is 0 Å². The monoisotopic (exact) mass is 446 g/mol. The van der Waals surface area contributed by atoms with Gasteiger partial charge in [0.05, 0.1) is 0 Å². The van der Waals surface area contributed by atoms with Gasteiger partial charge in [-0.1, -0.05) is 12.5 Å². The quantitative estimate of drug-likeness (QED) is 0.647. The van der Waals surface area contributed by atoms with Crippen molar-refractivity contribution >= 4 is 23.5 Å². The van der Waals surface area contributed by atoms with Gasteiger partial charge in [0.15, 0.2) is 11.6 Å². The number of esters is 2. The fraction of sp³-hybridized carbons (Fsp3) is 0.760. The molecule has 1 N–H and O–H groups in total. The summed E-state index contributed by atoms with van der Waals surface area (Å²) in [5.74, 6) is -0.902. The van der Waals surface area contributed by atoms with E-state index in [1.807, 2.05) is 0 Å². The molecule has 0 aromatic carbocycles. The predicted molar refractivity (Wildman–Crippen MR) is 114 cm³/mol.